The Balaban J connectivity index is 1.90. The van der Waals surface area contributed by atoms with E-state index in [1.54, 1.807) is 12.0 Å². The lowest BCUT2D eigenvalue weighted by molar-refractivity contribution is -0.138. The van der Waals surface area contributed by atoms with E-state index < -0.39 is 17.6 Å². The summed E-state index contributed by atoms with van der Waals surface area (Å²) in [6.45, 7) is 4.30. The van der Waals surface area contributed by atoms with Crippen LogP contribution in [0.2, 0.25) is 0 Å². The van der Waals surface area contributed by atoms with E-state index in [1.807, 2.05) is 56.3 Å². The highest BCUT2D eigenvalue weighted by atomic mass is 16.5. The van der Waals surface area contributed by atoms with Crippen LogP contribution in [0.15, 0.2) is 54.6 Å². The Bertz CT molecular complexity index is 833. The minimum absolute atomic E-state index is 0.0568. The van der Waals surface area contributed by atoms with Crippen molar-refractivity contribution < 1.29 is 14.3 Å². The molecule has 2 aromatic rings. The maximum atomic E-state index is 12.7. The summed E-state index contributed by atoms with van der Waals surface area (Å²) in [5.74, 6) is -0.334. The molecular weight excluding hydrogens is 352 g/mol. The van der Waals surface area contributed by atoms with Crippen molar-refractivity contribution in [2.24, 2.45) is 11.7 Å². The van der Waals surface area contributed by atoms with Crippen LogP contribution in [0.1, 0.15) is 32.3 Å². The van der Waals surface area contributed by atoms with E-state index in [2.05, 4.69) is 12.1 Å². The highest BCUT2D eigenvalue weighted by molar-refractivity contribution is 5.87. The van der Waals surface area contributed by atoms with E-state index in [0.717, 1.165) is 16.7 Å². The summed E-state index contributed by atoms with van der Waals surface area (Å²) in [5.41, 5.74) is 8.07. The third-order valence-corrected chi connectivity index (χ3v) is 5.47. The average molecular weight is 380 g/mol. The lowest BCUT2D eigenvalue weighted by atomic mass is 9.89. The van der Waals surface area contributed by atoms with Crippen LogP contribution in [0, 0.1) is 5.92 Å². The first kappa shape index (κ1) is 20.1. The Hall–Kier alpha value is -2.66. The molecule has 0 unspecified atom stereocenters. The van der Waals surface area contributed by atoms with Crippen LogP contribution in [0.5, 0.6) is 0 Å². The van der Waals surface area contributed by atoms with Gasteiger partial charge in [0.05, 0.1) is 6.54 Å². The molecule has 2 atom stereocenters. The van der Waals surface area contributed by atoms with Crippen molar-refractivity contribution in [1.29, 1.82) is 0 Å². The van der Waals surface area contributed by atoms with Crippen molar-refractivity contribution in [2.75, 3.05) is 13.7 Å². The molecule has 1 aliphatic rings. The Morgan fingerprint density at radius 1 is 1.11 bits per heavy atom. The molecule has 2 amide bonds. The van der Waals surface area contributed by atoms with Gasteiger partial charge in [-0.3, -0.25) is 9.59 Å². The number of methoxy groups -OCH3 is 1. The molecule has 2 N–H and O–H groups in total. The molecule has 148 valence electrons. The van der Waals surface area contributed by atoms with Gasteiger partial charge >= 0.3 is 0 Å². The largest absolute Gasteiger partial charge is 0.372 e. The normalized spacial score (nSPS) is 21.9. The van der Waals surface area contributed by atoms with Gasteiger partial charge in [-0.05, 0) is 22.6 Å². The van der Waals surface area contributed by atoms with E-state index in [-0.39, 0.29) is 11.8 Å². The van der Waals surface area contributed by atoms with E-state index in [1.165, 1.54) is 0 Å². The fourth-order valence-corrected chi connectivity index (χ4v) is 3.93. The Kier molecular flexibility index (Phi) is 5.84. The van der Waals surface area contributed by atoms with Crippen LogP contribution in [-0.4, -0.2) is 36.4 Å². The molecule has 5 heteroatoms. The Morgan fingerprint density at radius 3 is 2.25 bits per heavy atom. The number of rotatable bonds is 6. The van der Waals surface area contributed by atoms with Crippen molar-refractivity contribution in [2.45, 2.75) is 38.3 Å². The van der Waals surface area contributed by atoms with Gasteiger partial charge in [-0.25, -0.2) is 0 Å². The van der Waals surface area contributed by atoms with Gasteiger partial charge in [0.2, 0.25) is 11.8 Å². The maximum absolute atomic E-state index is 12.7. The SMILES string of the molecule is CO[C@@]1(c2ccc(-c3ccccc3)cc2)C[C@@H](C(N)=O)N(C(=O)CC(C)C)C1. The fourth-order valence-electron chi connectivity index (χ4n) is 3.93. The maximum Gasteiger partial charge on any atom is 0.240 e. The average Bonchev–Trinajstić information content (AvgIpc) is 3.10. The number of nitrogens with two attached hydrogens (primary N) is 1. The predicted octanol–water partition coefficient (Wildman–Crippen LogP) is 3.33. The molecule has 0 aromatic heterocycles. The smallest absolute Gasteiger partial charge is 0.240 e. The van der Waals surface area contributed by atoms with E-state index in [0.29, 0.717) is 19.4 Å². The summed E-state index contributed by atoms with van der Waals surface area (Å²) in [6, 6.07) is 17.6. The van der Waals surface area contributed by atoms with Gasteiger partial charge in [-0.1, -0.05) is 68.4 Å². The first-order chi connectivity index (χ1) is 13.4. The third kappa shape index (κ3) is 3.94. The van der Waals surface area contributed by atoms with E-state index >= 15 is 0 Å². The molecule has 5 nitrogen and oxygen atoms in total. The molecular formula is C23H28N2O3. The standard InChI is InChI=1S/C23H28N2O3/c1-16(2)13-21(26)25-15-23(28-3,14-20(25)22(24)27)19-11-9-18(10-12-19)17-7-5-4-6-8-17/h4-12,16,20H,13-15H2,1-3H3,(H2,24,27)/t20-,23-/m0/s1. The summed E-state index contributed by atoms with van der Waals surface area (Å²) in [5, 5.41) is 0. The number of ether oxygens (including phenoxy) is 1. The topological polar surface area (TPSA) is 72.6 Å². The molecule has 1 saturated heterocycles. The number of benzene rings is 2. The lowest BCUT2D eigenvalue weighted by Crippen LogP contribution is -2.44. The zero-order chi connectivity index (χ0) is 20.3. The highest BCUT2D eigenvalue weighted by Gasteiger charge is 2.49. The van der Waals surface area contributed by atoms with Crippen LogP contribution in [0.25, 0.3) is 11.1 Å². The number of primary amides is 1. The first-order valence-electron chi connectivity index (χ1n) is 9.66. The van der Waals surface area contributed by atoms with Crippen molar-refractivity contribution in [3.8, 4) is 11.1 Å². The summed E-state index contributed by atoms with van der Waals surface area (Å²) >= 11 is 0. The minimum atomic E-state index is -0.735. The van der Waals surface area contributed by atoms with Gasteiger partial charge in [0.15, 0.2) is 0 Å². The fraction of sp³-hybridized carbons (Fsp3) is 0.391. The van der Waals surface area contributed by atoms with E-state index in [9.17, 15) is 9.59 Å². The molecule has 1 heterocycles. The summed E-state index contributed by atoms with van der Waals surface area (Å²) in [6.07, 6.45) is 0.754. The monoisotopic (exact) mass is 380 g/mol. The number of hydrogen-bond donors (Lipinski definition) is 1. The van der Waals surface area contributed by atoms with E-state index in [4.69, 9.17) is 10.5 Å². The summed E-state index contributed by atoms with van der Waals surface area (Å²) < 4.78 is 5.89. The number of likely N-dealkylation sites (tertiary alicyclic amines) is 1. The second-order valence-corrected chi connectivity index (χ2v) is 7.88. The number of amides is 2. The second-order valence-electron chi connectivity index (χ2n) is 7.88. The van der Waals surface area contributed by atoms with Crippen molar-refractivity contribution in [1.82, 2.24) is 4.90 Å². The second kappa shape index (κ2) is 8.15. The van der Waals surface area contributed by atoms with Crippen LogP contribution < -0.4 is 5.73 Å². The minimum Gasteiger partial charge on any atom is -0.372 e. The van der Waals surface area contributed by atoms with Crippen molar-refractivity contribution >= 4 is 11.8 Å². The van der Waals surface area contributed by atoms with Crippen LogP contribution in [0.3, 0.4) is 0 Å². The Labute approximate surface area is 166 Å². The molecule has 3 rings (SSSR count). The van der Waals surface area contributed by atoms with Crippen LogP contribution >= 0.6 is 0 Å². The summed E-state index contributed by atoms with van der Waals surface area (Å²) in [4.78, 5) is 26.4. The number of carbonyl (C=O) groups is 2. The molecule has 0 aliphatic carbocycles. The lowest BCUT2D eigenvalue weighted by Gasteiger charge is -2.28. The van der Waals surface area contributed by atoms with Gasteiger partial charge in [0.25, 0.3) is 0 Å². The quantitative estimate of drug-likeness (QED) is 0.835. The molecule has 0 bridgehead atoms. The number of nitrogens with zero attached hydrogens (tertiary/aromatic N) is 1. The van der Waals surface area contributed by atoms with Gasteiger partial charge in [-0.15, -0.1) is 0 Å². The van der Waals surface area contributed by atoms with Gasteiger partial charge in [-0.2, -0.15) is 0 Å². The molecule has 0 spiro atoms. The van der Waals surface area contributed by atoms with Crippen molar-refractivity contribution in [3.63, 3.8) is 0 Å². The molecule has 1 aliphatic heterocycles. The molecule has 1 fully saturated rings. The van der Waals surface area contributed by atoms with Crippen molar-refractivity contribution in [3.05, 3.63) is 60.2 Å². The first-order valence-corrected chi connectivity index (χ1v) is 9.66. The third-order valence-electron chi connectivity index (χ3n) is 5.47. The van der Waals surface area contributed by atoms with Crippen LogP contribution in [-0.2, 0) is 19.9 Å². The Morgan fingerprint density at radius 2 is 1.71 bits per heavy atom. The van der Waals surface area contributed by atoms with Gasteiger partial charge in [0, 0.05) is 20.0 Å². The predicted molar refractivity (Wildman–Crippen MR) is 109 cm³/mol. The zero-order valence-electron chi connectivity index (χ0n) is 16.7. The van der Waals surface area contributed by atoms with Crippen LogP contribution in [0.4, 0.5) is 0 Å². The van der Waals surface area contributed by atoms with Gasteiger partial charge in [0.1, 0.15) is 11.6 Å². The molecule has 28 heavy (non-hydrogen) atoms. The molecule has 2 aromatic carbocycles. The number of carbonyl (C=O) groups excluding carboxylic acids is 2. The molecule has 0 radical (unpaired) electrons. The van der Waals surface area contributed by atoms with Gasteiger partial charge < -0.3 is 15.4 Å². The summed E-state index contributed by atoms with van der Waals surface area (Å²) in [7, 11) is 1.62. The zero-order valence-corrected chi connectivity index (χ0v) is 16.7. The molecule has 0 saturated carbocycles. The number of hydrogen-bond acceptors (Lipinski definition) is 3. The highest BCUT2D eigenvalue weighted by Crippen LogP contribution is 2.40.